The van der Waals surface area contributed by atoms with Gasteiger partial charge in [0.25, 0.3) is 0 Å². The van der Waals surface area contributed by atoms with Gasteiger partial charge in [-0.15, -0.1) is 0 Å². The lowest BCUT2D eigenvalue weighted by Crippen LogP contribution is -2.13. The molecule has 19 heavy (non-hydrogen) atoms. The van der Waals surface area contributed by atoms with Crippen LogP contribution in [0.25, 0.3) is 0 Å². The lowest BCUT2D eigenvalue weighted by atomic mass is 10.0. The van der Waals surface area contributed by atoms with E-state index in [1.54, 1.807) is 12.1 Å². The molecule has 0 aliphatic carbocycles. The van der Waals surface area contributed by atoms with Crippen molar-refractivity contribution in [3.05, 3.63) is 27.7 Å². The standard InChI is InChI=1S/C14H16Cl2O3/c1-2-18-14-8-11(15)10(7-12(14)16)13(17)6-9-4-3-5-19-9/h7-9H,2-6H2,1H3. The fourth-order valence-electron chi connectivity index (χ4n) is 2.13. The van der Waals surface area contributed by atoms with E-state index < -0.39 is 0 Å². The van der Waals surface area contributed by atoms with E-state index in [2.05, 4.69) is 0 Å². The van der Waals surface area contributed by atoms with Crippen LogP contribution < -0.4 is 4.74 Å². The topological polar surface area (TPSA) is 35.5 Å². The number of hydrogen-bond acceptors (Lipinski definition) is 3. The van der Waals surface area contributed by atoms with E-state index in [-0.39, 0.29) is 11.9 Å². The third kappa shape index (κ3) is 3.62. The Bertz CT molecular complexity index is 468. The van der Waals surface area contributed by atoms with Gasteiger partial charge in [0.05, 0.1) is 22.8 Å². The molecule has 1 aliphatic rings. The molecule has 1 fully saturated rings. The first-order valence-electron chi connectivity index (χ1n) is 6.38. The number of carbonyl (C=O) groups is 1. The summed E-state index contributed by atoms with van der Waals surface area (Å²) in [6, 6.07) is 3.17. The highest BCUT2D eigenvalue weighted by Gasteiger charge is 2.22. The van der Waals surface area contributed by atoms with Crippen LogP contribution in [0.4, 0.5) is 0 Å². The Morgan fingerprint density at radius 3 is 2.84 bits per heavy atom. The molecule has 1 unspecified atom stereocenters. The van der Waals surface area contributed by atoms with Crippen LogP contribution in [0.1, 0.15) is 36.5 Å². The Morgan fingerprint density at radius 1 is 1.42 bits per heavy atom. The maximum Gasteiger partial charge on any atom is 0.167 e. The van der Waals surface area contributed by atoms with Crippen LogP contribution in [0.5, 0.6) is 5.75 Å². The number of benzene rings is 1. The summed E-state index contributed by atoms with van der Waals surface area (Å²) < 4.78 is 10.8. The highest BCUT2D eigenvalue weighted by molar-refractivity contribution is 6.36. The minimum absolute atomic E-state index is 0.00825. The van der Waals surface area contributed by atoms with E-state index in [1.165, 1.54) is 0 Å². The van der Waals surface area contributed by atoms with Gasteiger partial charge in [-0.3, -0.25) is 4.79 Å². The molecule has 2 rings (SSSR count). The fraction of sp³-hybridized carbons (Fsp3) is 0.500. The van der Waals surface area contributed by atoms with Crippen LogP contribution >= 0.6 is 23.2 Å². The third-order valence-electron chi connectivity index (χ3n) is 3.06. The van der Waals surface area contributed by atoms with Gasteiger partial charge in [0, 0.05) is 24.7 Å². The average Bonchev–Trinajstić information content (AvgIpc) is 2.86. The second-order valence-electron chi connectivity index (χ2n) is 4.46. The van der Waals surface area contributed by atoms with Crippen molar-refractivity contribution < 1.29 is 14.3 Å². The van der Waals surface area contributed by atoms with Gasteiger partial charge in [0.15, 0.2) is 5.78 Å². The average molecular weight is 303 g/mol. The summed E-state index contributed by atoms with van der Waals surface area (Å²) in [5.74, 6) is 0.463. The first-order chi connectivity index (χ1) is 9.11. The minimum Gasteiger partial charge on any atom is -0.492 e. The Labute approximate surface area is 122 Å². The Kier molecular flexibility index (Phi) is 5.08. The lowest BCUT2D eigenvalue weighted by Gasteiger charge is -2.12. The van der Waals surface area contributed by atoms with Crippen LogP contribution in [-0.4, -0.2) is 25.1 Å². The summed E-state index contributed by atoms with van der Waals surface area (Å²) in [6.07, 6.45) is 2.29. The third-order valence-corrected chi connectivity index (χ3v) is 3.67. The molecule has 5 heteroatoms. The van der Waals surface area contributed by atoms with Crippen LogP contribution in [-0.2, 0) is 4.74 Å². The molecular formula is C14H16Cl2O3. The van der Waals surface area contributed by atoms with Gasteiger partial charge in [0.2, 0.25) is 0 Å². The molecule has 1 saturated heterocycles. The van der Waals surface area contributed by atoms with Crippen molar-refractivity contribution in [3.63, 3.8) is 0 Å². The van der Waals surface area contributed by atoms with Crippen molar-refractivity contribution in [2.24, 2.45) is 0 Å². The monoisotopic (exact) mass is 302 g/mol. The number of halogens is 2. The molecule has 104 valence electrons. The first kappa shape index (κ1) is 14.6. The fourth-order valence-corrected chi connectivity index (χ4v) is 2.61. The molecule has 0 spiro atoms. The predicted octanol–water partition coefficient (Wildman–Crippen LogP) is 4.14. The second-order valence-corrected chi connectivity index (χ2v) is 5.27. The summed E-state index contributed by atoms with van der Waals surface area (Å²) >= 11 is 12.2. The van der Waals surface area contributed by atoms with Crippen molar-refractivity contribution in [1.82, 2.24) is 0 Å². The smallest absolute Gasteiger partial charge is 0.167 e. The van der Waals surface area contributed by atoms with E-state index in [1.807, 2.05) is 6.92 Å². The van der Waals surface area contributed by atoms with E-state index in [0.29, 0.717) is 34.4 Å². The molecule has 1 aromatic rings. The number of carbonyl (C=O) groups excluding carboxylic acids is 1. The van der Waals surface area contributed by atoms with Crippen molar-refractivity contribution in [3.8, 4) is 5.75 Å². The number of Topliss-reactive ketones (excluding diaryl/α,β-unsaturated/α-hetero) is 1. The molecule has 0 aromatic heterocycles. The number of hydrogen-bond donors (Lipinski definition) is 0. The second kappa shape index (κ2) is 6.60. The van der Waals surface area contributed by atoms with Gasteiger partial charge in [0.1, 0.15) is 5.75 Å². The quantitative estimate of drug-likeness (QED) is 0.767. The lowest BCUT2D eigenvalue weighted by molar-refractivity contribution is 0.0775. The normalized spacial score (nSPS) is 18.6. The molecule has 1 atom stereocenters. The molecule has 0 saturated carbocycles. The molecule has 0 amide bonds. The van der Waals surface area contributed by atoms with E-state index in [0.717, 1.165) is 19.4 Å². The van der Waals surface area contributed by atoms with Gasteiger partial charge >= 0.3 is 0 Å². The zero-order valence-corrected chi connectivity index (χ0v) is 12.3. The predicted molar refractivity (Wildman–Crippen MR) is 75.6 cm³/mol. The highest BCUT2D eigenvalue weighted by atomic mass is 35.5. The zero-order chi connectivity index (χ0) is 13.8. The number of rotatable bonds is 5. The van der Waals surface area contributed by atoms with Crippen LogP contribution in [0.3, 0.4) is 0 Å². The largest absolute Gasteiger partial charge is 0.492 e. The molecule has 1 aliphatic heterocycles. The van der Waals surface area contributed by atoms with Crippen molar-refractivity contribution in [1.29, 1.82) is 0 Å². The van der Waals surface area contributed by atoms with Crippen molar-refractivity contribution >= 4 is 29.0 Å². The Morgan fingerprint density at radius 2 is 2.21 bits per heavy atom. The SMILES string of the molecule is CCOc1cc(Cl)c(C(=O)CC2CCCO2)cc1Cl. The summed E-state index contributed by atoms with van der Waals surface area (Å²) in [5, 5.41) is 0.776. The Balaban J connectivity index is 2.14. The summed E-state index contributed by atoms with van der Waals surface area (Å²) in [6.45, 7) is 3.09. The molecule has 0 radical (unpaired) electrons. The van der Waals surface area contributed by atoms with Gasteiger partial charge in [-0.25, -0.2) is 0 Å². The maximum atomic E-state index is 12.2. The molecule has 1 heterocycles. The van der Waals surface area contributed by atoms with Gasteiger partial charge in [-0.05, 0) is 25.8 Å². The number of ether oxygens (including phenoxy) is 2. The van der Waals surface area contributed by atoms with E-state index in [9.17, 15) is 4.79 Å². The maximum absolute atomic E-state index is 12.2. The number of ketones is 1. The van der Waals surface area contributed by atoms with Gasteiger partial charge in [-0.2, -0.15) is 0 Å². The zero-order valence-electron chi connectivity index (χ0n) is 10.7. The van der Waals surface area contributed by atoms with E-state index in [4.69, 9.17) is 32.7 Å². The highest BCUT2D eigenvalue weighted by Crippen LogP contribution is 2.32. The summed E-state index contributed by atoms with van der Waals surface area (Å²) in [7, 11) is 0. The van der Waals surface area contributed by atoms with Gasteiger partial charge in [-0.1, -0.05) is 23.2 Å². The van der Waals surface area contributed by atoms with Crippen LogP contribution in [0, 0.1) is 0 Å². The van der Waals surface area contributed by atoms with E-state index >= 15 is 0 Å². The summed E-state index contributed by atoms with van der Waals surface area (Å²) in [5.41, 5.74) is 0.436. The van der Waals surface area contributed by atoms with Crippen LogP contribution in [0.15, 0.2) is 12.1 Å². The molecule has 1 aromatic carbocycles. The van der Waals surface area contributed by atoms with Crippen LogP contribution in [0.2, 0.25) is 10.0 Å². The summed E-state index contributed by atoms with van der Waals surface area (Å²) in [4.78, 5) is 12.2. The molecule has 0 bridgehead atoms. The minimum atomic E-state index is -0.0400. The molecular weight excluding hydrogens is 287 g/mol. The Hall–Kier alpha value is -0.770. The van der Waals surface area contributed by atoms with Crippen molar-refractivity contribution in [2.45, 2.75) is 32.3 Å². The van der Waals surface area contributed by atoms with Crippen molar-refractivity contribution in [2.75, 3.05) is 13.2 Å². The van der Waals surface area contributed by atoms with Gasteiger partial charge < -0.3 is 9.47 Å². The molecule has 3 nitrogen and oxygen atoms in total. The molecule has 0 N–H and O–H groups in total. The first-order valence-corrected chi connectivity index (χ1v) is 7.14.